The lowest BCUT2D eigenvalue weighted by molar-refractivity contribution is 0.281. The van der Waals surface area contributed by atoms with Crippen molar-refractivity contribution in [3.05, 3.63) is 23.4 Å². The van der Waals surface area contributed by atoms with Crippen LogP contribution in [0, 0.1) is 12.8 Å². The third-order valence-corrected chi connectivity index (χ3v) is 2.29. The number of aromatic nitrogens is 1. The highest BCUT2D eigenvalue weighted by Crippen LogP contribution is 2.17. The fourth-order valence-corrected chi connectivity index (χ4v) is 1.75. The molecule has 0 aliphatic heterocycles. The van der Waals surface area contributed by atoms with E-state index >= 15 is 0 Å². The summed E-state index contributed by atoms with van der Waals surface area (Å²) in [6.07, 6.45) is 1.74. The van der Waals surface area contributed by atoms with Crippen molar-refractivity contribution < 1.29 is 5.11 Å². The van der Waals surface area contributed by atoms with Crippen LogP contribution < -0.4 is 4.90 Å². The Balaban J connectivity index is 2.85. The smallest absolute Gasteiger partial charge is 0.131 e. The molecule has 0 saturated heterocycles. The Morgan fingerprint density at radius 3 is 2.60 bits per heavy atom. The van der Waals surface area contributed by atoms with Gasteiger partial charge in [0.25, 0.3) is 0 Å². The van der Waals surface area contributed by atoms with Crippen molar-refractivity contribution in [3.63, 3.8) is 0 Å². The highest BCUT2D eigenvalue weighted by Gasteiger charge is 2.08. The highest BCUT2D eigenvalue weighted by molar-refractivity contribution is 5.46. The zero-order valence-corrected chi connectivity index (χ0v) is 9.99. The van der Waals surface area contributed by atoms with Gasteiger partial charge in [-0.15, -0.1) is 0 Å². The molecule has 0 fully saturated rings. The van der Waals surface area contributed by atoms with E-state index in [1.807, 2.05) is 20.0 Å². The predicted octanol–water partition coefficient (Wildman–Crippen LogP) is 1.97. The maximum absolute atomic E-state index is 8.98. The number of aryl methyl sites for hydroxylation is 1. The SMILES string of the molecule is Cc1cc(CO)cnc1N(C)CC(C)C. The second kappa shape index (κ2) is 5.12. The molecule has 0 unspecified atom stereocenters. The molecular formula is C12H20N2O. The maximum atomic E-state index is 8.98. The minimum atomic E-state index is 0.0576. The van der Waals surface area contributed by atoms with E-state index in [0.29, 0.717) is 5.92 Å². The van der Waals surface area contributed by atoms with Crippen LogP contribution in [0.5, 0.6) is 0 Å². The Morgan fingerprint density at radius 1 is 1.47 bits per heavy atom. The lowest BCUT2D eigenvalue weighted by Crippen LogP contribution is -2.24. The first kappa shape index (κ1) is 12.0. The van der Waals surface area contributed by atoms with Crippen LogP contribution in [0.3, 0.4) is 0 Å². The van der Waals surface area contributed by atoms with E-state index < -0.39 is 0 Å². The van der Waals surface area contributed by atoms with Crippen LogP contribution in [0.4, 0.5) is 5.82 Å². The zero-order chi connectivity index (χ0) is 11.4. The summed E-state index contributed by atoms with van der Waals surface area (Å²) in [4.78, 5) is 6.52. The van der Waals surface area contributed by atoms with Gasteiger partial charge >= 0.3 is 0 Å². The number of nitrogens with zero attached hydrogens (tertiary/aromatic N) is 2. The molecule has 0 aliphatic rings. The molecule has 0 radical (unpaired) electrons. The summed E-state index contributed by atoms with van der Waals surface area (Å²) in [7, 11) is 2.05. The van der Waals surface area contributed by atoms with Crippen LogP contribution in [0.1, 0.15) is 25.0 Å². The molecule has 1 aromatic heterocycles. The van der Waals surface area contributed by atoms with E-state index in [4.69, 9.17) is 5.11 Å². The summed E-state index contributed by atoms with van der Waals surface area (Å²) in [5.74, 6) is 1.62. The van der Waals surface area contributed by atoms with E-state index in [1.165, 1.54) is 0 Å². The third-order valence-electron chi connectivity index (χ3n) is 2.29. The van der Waals surface area contributed by atoms with Gasteiger partial charge in [-0.25, -0.2) is 4.98 Å². The summed E-state index contributed by atoms with van der Waals surface area (Å²) in [5, 5.41) is 8.98. The number of hydrogen-bond donors (Lipinski definition) is 1. The van der Waals surface area contributed by atoms with Crippen LogP contribution in [0.25, 0.3) is 0 Å². The van der Waals surface area contributed by atoms with Gasteiger partial charge in [-0.3, -0.25) is 0 Å². The molecule has 1 rings (SSSR count). The summed E-state index contributed by atoms with van der Waals surface area (Å²) >= 11 is 0. The molecule has 0 bridgehead atoms. The minimum absolute atomic E-state index is 0.0576. The maximum Gasteiger partial charge on any atom is 0.131 e. The molecule has 1 N–H and O–H groups in total. The molecule has 1 aromatic rings. The van der Waals surface area contributed by atoms with Gasteiger partial charge in [0.15, 0.2) is 0 Å². The average molecular weight is 208 g/mol. The third kappa shape index (κ3) is 3.20. The van der Waals surface area contributed by atoms with Gasteiger partial charge in [0.1, 0.15) is 5.82 Å². The highest BCUT2D eigenvalue weighted by atomic mass is 16.3. The molecule has 3 heteroatoms. The van der Waals surface area contributed by atoms with Gasteiger partial charge in [0.2, 0.25) is 0 Å². The van der Waals surface area contributed by atoms with Crippen LogP contribution in [-0.4, -0.2) is 23.7 Å². The summed E-state index contributed by atoms with van der Waals surface area (Å²) in [6, 6.07) is 1.99. The van der Waals surface area contributed by atoms with Gasteiger partial charge in [-0.1, -0.05) is 13.8 Å². The van der Waals surface area contributed by atoms with E-state index in [0.717, 1.165) is 23.5 Å². The zero-order valence-electron chi connectivity index (χ0n) is 9.99. The Kier molecular flexibility index (Phi) is 4.09. The molecule has 0 aromatic carbocycles. The topological polar surface area (TPSA) is 36.4 Å². The number of hydrogen-bond acceptors (Lipinski definition) is 3. The average Bonchev–Trinajstić information content (AvgIpc) is 2.16. The van der Waals surface area contributed by atoms with Crippen LogP contribution >= 0.6 is 0 Å². The van der Waals surface area contributed by atoms with Crippen LogP contribution in [0.15, 0.2) is 12.3 Å². The van der Waals surface area contributed by atoms with Crippen molar-refractivity contribution >= 4 is 5.82 Å². The molecule has 0 amide bonds. The Hall–Kier alpha value is -1.09. The van der Waals surface area contributed by atoms with Crippen LogP contribution in [-0.2, 0) is 6.61 Å². The normalized spacial score (nSPS) is 10.8. The lowest BCUT2D eigenvalue weighted by atomic mass is 10.1. The Morgan fingerprint density at radius 2 is 2.13 bits per heavy atom. The number of rotatable bonds is 4. The first-order valence-corrected chi connectivity index (χ1v) is 5.32. The summed E-state index contributed by atoms with van der Waals surface area (Å²) in [6.45, 7) is 7.45. The number of anilines is 1. The van der Waals surface area contributed by atoms with Crippen LogP contribution in [0.2, 0.25) is 0 Å². The molecule has 84 valence electrons. The van der Waals surface area contributed by atoms with E-state index in [1.54, 1.807) is 6.20 Å². The first-order chi connectivity index (χ1) is 7.04. The second-order valence-corrected chi connectivity index (χ2v) is 4.42. The van der Waals surface area contributed by atoms with Crippen molar-refractivity contribution in [2.24, 2.45) is 5.92 Å². The number of pyridine rings is 1. The second-order valence-electron chi connectivity index (χ2n) is 4.42. The predicted molar refractivity (Wildman–Crippen MR) is 63.0 cm³/mol. The lowest BCUT2D eigenvalue weighted by Gasteiger charge is -2.22. The largest absolute Gasteiger partial charge is 0.392 e. The van der Waals surface area contributed by atoms with Gasteiger partial charge < -0.3 is 10.0 Å². The van der Waals surface area contributed by atoms with Gasteiger partial charge in [0, 0.05) is 19.8 Å². The Bertz CT molecular complexity index is 323. The molecule has 0 atom stereocenters. The molecular weight excluding hydrogens is 188 g/mol. The van der Waals surface area contributed by atoms with Gasteiger partial charge in [0.05, 0.1) is 6.61 Å². The fraction of sp³-hybridized carbons (Fsp3) is 0.583. The number of aliphatic hydroxyl groups is 1. The van der Waals surface area contributed by atoms with E-state index in [-0.39, 0.29) is 6.61 Å². The first-order valence-electron chi connectivity index (χ1n) is 5.32. The summed E-state index contributed by atoms with van der Waals surface area (Å²) in [5.41, 5.74) is 1.99. The molecule has 0 aliphatic carbocycles. The standard InChI is InChI=1S/C12H20N2O/c1-9(2)7-14(4)12-10(3)5-11(8-15)6-13-12/h5-6,9,15H,7-8H2,1-4H3. The van der Waals surface area contributed by atoms with Crippen molar-refractivity contribution in [3.8, 4) is 0 Å². The quantitative estimate of drug-likeness (QED) is 0.822. The Labute approximate surface area is 91.8 Å². The molecule has 3 nitrogen and oxygen atoms in total. The fourth-order valence-electron chi connectivity index (χ4n) is 1.75. The monoisotopic (exact) mass is 208 g/mol. The summed E-state index contributed by atoms with van der Waals surface area (Å²) < 4.78 is 0. The van der Waals surface area contributed by atoms with Crippen molar-refractivity contribution in [1.82, 2.24) is 4.98 Å². The molecule has 0 spiro atoms. The number of aliphatic hydroxyl groups excluding tert-OH is 1. The van der Waals surface area contributed by atoms with E-state index in [2.05, 4.69) is 23.7 Å². The van der Waals surface area contributed by atoms with E-state index in [9.17, 15) is 0 Å². The van der Waals surface area contributed by atoms with Crippen molar-refractivity contribution in [2.45, 2.75) is 27.4 Å². The van der Waals surface area contributed by atoms with Gasteiger partial charge in [-0.05, 0) is 30.0 Å². The van der Waals surface area contributed by atoms with Crippen molar-refractivity contribution in [2.75, 3.05) is 18.5 Å². The van der Waals surface area contributed by atoms with Crippen molar-refractivity contribution in [1.29, 1.82) is 0 Å². The van der Waals surface area contributed by atoms with Gasteiger partial charge in [-0.2, -0.15) is 0 Å². The molecule has 1 heterocycles. The molecule has 0 saturated carbocycles. The minimum Gasteiger partial charge on any atom is -0.392 e. The molecule has 15 heavy (non-hydrogen) atoms.